The number of amides is 2. The van der Waals surface area contributed by atoms with Gasteiger partial charge in [0.05, 0.1) is 24.4 Å². The molecule has 0 unspecified atom stereocenters. The highest BCUT2D eigenvalue weighted by atomic mass is 35.5. The number of thiazole rings is 1. The minimum absolute atomic E-state index is 0.0135. The maximum absolute atomic E-state index is 15.6. The predicted molar refractivity (Wildman–Crippen MR) is 193 cm³/mol. The van der Waals surface area contributed by atoms with Gasteiger partial charge < -0.3 is 24.8 Å². The summed E-state index contributed by atoms with van der Waals surface area (Å²) in [7, 11) is 1.26. The zero-order valence-corrected chi connectivity index (χ0v) is 30.2. The number of aliphatic carboxylic acids is 1. The van der Waals surface area contributed by atoms with E-state index in [1.807, 2.05) is 0 Å². The number of carbonyl (C=O) groups is 3. The van der Waals surface area contributed by atoms with E-state index in [1.165, 1.54) is 59.7 Å². The van der Waals surface area contributed by atoms with E-state index in [0.717, 1.165) is 12.1 Å². The molecule has 17 heteroatoms. The molecular formula is C37H32ClF3N6O6S. The number of carbonyl (C=O) groups excluding carboxylic acids is 2. The second-order valence-corrected chi connectivity index (χ2v) is 14.0. The summed E-state index contributed by atoms with van der Waals surface area (Å²) < 4.78 is 55.0. The van der Waals surface area contributed by atoms with Crippen LogP contribution in [0.5, 0.6) is 11.5 Å². The normalized spacial score (nSPS) is 18.7. The van der Waals surface area contributed by atoms with Crippen molar-refractivity contribution < 1.29 is 42.1 Å². The lowest BCUT2D eigenvalue weighted by atomic mass is 9.95. The first kappa shape index (κ1) is 36.9. The van der Waals surface area contributed by atoms with E-state index >= 15 is 4.39 Å². The summed E-state index contributed by atoms with van der Waals surface area (Å²) in [5.41, 5.74) is 1.59. The van der Waals surface area contributed by atoms with Crippen molar-refractivity contribution in [1.82, 2.24) is 20.1 Å². The maximum Gasteiger partial charge on any atom is 0.338 e. The lowest BCUT2D eigenvalue weighted by Gasteiger charge is -2.38. The average molecular weight is 781 g/mol. The number of aliphatic imine (C=N–C) groups is 1. The fourth-order valence-corrected chi connectivity index (χ4v) is 7.60. The van der Waals surface area contributed by atoms with Crippen LogP contribution in [0, 0.1) is 17.5 Å². The van der Waals surface area contributed by atoms with Crippen LogP contribution in [0.4, 0.5) is 23.7 Å². The van der Waals surface area contributed by atoms with E-state index in [4.69, 9.17) is 31.2 Å². The molecule has 0 aliphatic carbocycles. The molecule has 7 rings (SSSR count). The van der Waals surface area contributed by atoms with Gasteiger partial charge >= 0.3 is 18.0 Å². The molecule has 3 aromatic carbocycles. The molecule has 2 atom stereocenters. The summed E-state index contributed by atoms with van der Waals surface area (Å²) in [6.45, 7) is 1.54. The Morgan fingerprint density at radius 2 is 1.89 bits per heavy atom. The zero-order valence-electron chi connectivity index (χ0n) is 28.6. The third-order valence-electron chi connectivity index (χ3n) is 9.30. The number of anilines is 1. The Bertz CT molecular complexity index is 2190. The summed E-state index contributed by atoms with van der Waals surface area (Å²) in [5.74, 6) is -3.40. The predicted octanol–water partition coefficient (Wildman–Crippen LogP) is 6.17. The number of aromatic nitrogens is 1. The van der Waals surface area contributed by atoms with E-state index < -0.39 is 35.4 Å². The largest absolute Gasteiger partial charge is 0.481 e. The SMILES string of the molecule is COC(=O)C1=C(CN2CCN3C(=O)N(c4ccc(Oc5ccc(CCC(=O)O)cc5F)cc4F)C[C@@H]3C2)NC(c2nccs2)=N[C@H]1c1ccc(F)cc1Cl. The number of halogens is 4. The number of hydrogen-bond acceptors (Lipinski definition) is 10. The number of esters is 1. The molecule has 4 aromatic rings. The van der Waals surface area contributed by atoms with Gasteiger partial charge in [0.25, 0.3) is 0 Å². The summed E-state index contributed by atoms with van der Waals surface area (Å²) in [6, 6.07) is 10.2. The summed E-state index contributed by atoms with van der Waals surface area (Å²) in [6.07, 6.45) is 1.62. The van der Waals surface area contributed by atoms with Gasteiger partial charge in [-0.25, -0.2) is 27.7 Å². The highest BCUT2D eigenvalue weighted by Gasteiger charge is 2.43. The molecule has 3 aliphatic heterocycles. The number of hydrogen-bond donors (Lipinski definition) is 2. The highest BCUT2D eigenvalue weighted by Crippen LogP contribution is 2.38. The molecule has 280 valence electrons. The maximum atomic E-state index is 15.6. The fraction of sp³-hybridized carbons (Fsp3) is 0.270. The van der Waals surface area contributed by atoms with Crippen molar-refractivity contribution in [2.75, 3.05) is 44.7 Å². The average Bonchev–Trinajstić information content (AvgIpc) is 3.80. The van der Waals surface area contributed by atoms with Gasteiger partial charge in [0, 0.05) is 73.1 Å². The van der Waals surface area contributed by atoms with Crippen LogP contribution in [0.15, 0.2) is 82.4 Å². The van der Waals surface area contributed by atoms with E-state index in [9.17, 15) is 23.2 Å². The first-order valence-corrected chi connectivity index (χ1v) is 18.0. The van der Waals surface area contributed by atoms with Gasteiger partial charge in [0.2, 0.25) is 0 Å². The number of piperazine rings is 1. The first-order valence-electron chi connectivity index (χ1n) is 16.8. The van der Waals surface area contributed by atoms with Gasteiger partial charge in [-0.2, -0.15) is 0 Å². The van der Waals surface area contributed by atoms with E-state index in [1.54, 1.807) is 22.5 Å². The molecule has 2 fully saturated rings. The second kappa shape index (κ2) is 15.5. The number of methoxy groups -OCH3 is 1. The third-order valence-corrected chi connectivity index (χ3v) is 10.4. The van der Waals surface area contributed by atoms with Gasteiger partial charge in [-0.15, -0.1) is 11.3 Å². The molecule has 2 saturated heterocycles. The Kier molecular flexibility index (Phi) is 10.6. The number of rotatable bonds is 11. The molecular weight excluding hydrogens is 749 g/mol. The minimum Gasteiger partial charge on any atom is -0.481 e. The highest BCUT2D eigenvalue weighted by molar-refractivity contribution is 7.11. The number of urea groups is 1. The molecule has 0 saturated carbocycles. The second-order valence-electron chi connectivity index (χ2n) is 12.7. The monoisotopic (exact) mass is 780 g/mol. The van der Waals surface area contributed by atoms with Crippen LogP contribution in [-0.4, -0.2) is 89.6 Å². The van der Waals surface area contributed by atoms with Crippen molar-refractivity contribution in [1.29, 1.82) is 0 Å². The van der Waals surface area contributed by atoms with Crippen molar-refractivity contribution in [3.63, 3.8) is 0 Å². The van der Waals surface area contributed by atoms with Gasteiger partial charge in [0.1, 0.15) is 17.6 Å². The van der Waals surface area contributed by atoms with Crippen LogP contribution in [0.2, 0.25) is 5.02 Å². The lowest BCUT2D eigenvalue weighted by Crippen LogP contribution is -2.53. The van der Waals surface area contributed by atoms with Gasteiger partial charge in [0.15, 0.2) is 28.2 Å². The quantitative estimate of drug-likeness (QED) is 0.171. The Morgan fingerprint density at radius 3 is 2.59 bits per heavy atom. The Balaban J connectivity index is 1.08. The summed E-state index contributed by atoms with van der Waals surface area (Å²) in [4.78, 5) is 52.0. The fourth-order valence-electron chi connectivity index (χ4n) is 6.74. The van der Waals surface area contributed by atoms with Crippen LogP contribution in [0.1, 0.15) is 28.6 Å². The number of carboxylic acid groups (broad SMARTS) is 1. The zero-order chi connectivity index (χ0) is 38.1. The Labute approximate surface area is 316 Å². The van der Waals surface area contributed by atoms with Crippen LogP contribution >= 0.6 is 22.9 Å². The van der Waals surface area contributed by atoms with Crippen molar-refractivity contribution in [3.05, 3.63) is 116 Å². The number of nitrogens with zero attached hydrogens (tertiary/aromatic N) is 5. The molecule has 0 bridgehead atoms. The smallest absolute Gasteiger partial charge is 0.338 e. The number of ether oxygens (including phenoxy) is 2. The number of benzene rings is 3. The Hall–Kier alpha value is -5.45. The molecule has 3 aliphatic rings. The minimum atomic E-state index is -1.000. The van der Waals surface area contributed by atoms with Crippen molar-refractivity contribution in [3.8, 4) is 11.5 Å². The topological polar surface area (TPSA) is 137 Å². The van der Waals surface area contributed by atoms with Gasteiger partial charge in [-0.3, -0.25) is 19.6 Å². The van der Waals surface area contributed by atoms with E-state index in [0.29, 0.717) is 47.3 Å². The molecule has 54 heavy (non-hydrogen) atoms. The number of fused-ring (bicyclic) bond motifs is 1. The number of nitrogens with one attached hydrogen (secondary N) is 1. The van der Waals surface area contributed by atoms with Gasteiger partial charge in [-0.05, 0) is 48.4 Å². The van der Waals surface area contributed by atoms with Crippen LogP contribution in [-0.2, 0) is 20.7 Å². The van der Waals surface area contributed by atoms with E-state index in [2.05, 4.69) is 15.2 Å². The number of amidine groups is 1. The molecule has 12 nitrogen and oxygen atoms in total. The van der Waals surface area contributed by atoms with Crippen molar-refractivity contribution >= 4 is 52.4 Å². The molecule has 4 heterocycles. The molecule has 1 aromatic heterocycles. The molecule has 0 spiro atoms. The standard InChI is InChI=1S/C37H32ClF3N6O6S/c1-52-36(50)32-28(43-34(35-42-10-13-54-35)44-33(32)24-6-4-21(39)15-25(24)38)19-45-11-12-46-22(17-45)18-47(37(46)51)29-7-5-23(16-26(29)40)53-30-8-2-20(14-27(30)41)3-9-31(48)49/h2,4-8,10,13-16,22,33H,3,9,11-12,17-19H2,1H3,(H,43,44)(H,48,49)/t22-,33-/m0/s1. The number of carboxylic acids is 1. The van der Waals surface area contributed by atoms with Crippen molar-refractivity contribution in [2.24, 2.45) is 4.99 Å². The molecule has 0 radical (unpaired) electrons. The molecule has 2 N–H and O–H groups in total. The first-order chi connectivity index (χ1) is 26.0. The Morgan fingerprint density at radius 1 is 1.06 bits per heavy atom. The van der Waals surface area contributed by atoms with Crippen LogP contribution in [0.3, 0.4) is 0 Å². The molecule has 2 amide bonds. The van der Waals surface area contributed by atoms with Crippen LogP contribution in [0.25, 0.3) is 0 Å². The summed E-state index contributed by atoms with van der Waals surface area (Å²) >= 11 is 7.82. The van der Waals surface area contributed by atoms with Crippen LogP contribution < -0.4 is 15.0 Å². The summed E-state index contributed by atoms with van der Waals surface area (Å²) in [5, 5.41) is 14.6. The number of aryl methyl sites for hydroxylation is 1. The lowest BCUT2D eigenvalue weighted by molar-refractivity contribution is -0.137. The van der Waals surface area contributed by atoms with Crippen molar-refractivity contribution in [2.45, 2.75) is 24.9 Å². The third kappa shape index (κ3) is 7.62. The van der Waals surface area contributed by atoms with Gasteiger partial charge in [-0.1, -0.05) is 23.7 Å². The van der Waals surface area contributed by atoms with E-state index in [-0.39, 0.29) is 65.8 Å².